The quantitative estimate of drug-likeness (QED) is 0.583. The first-order valence-corrected chi connectivity index (χ1v) is 7.28. The first kappa shape index (κ1) is 13.5. The van der Waals surface area contributed by atoms with Crippen molar-refractivity contribution in [1.82, 2.24) is 9.55 Å². The van der Waals surface area contributed by atoms with Gasteiger partial charge in [0.15, 0.2) is 0 Å². The van der Waals surface area contributed by atoms with E-state index in [0.29, 0.717) is 11.0 Å². The fourth-order valence-corrected chi connectivity index (χ4v) is 2.92. The van der Waals surface area contributed by atoms with Crippen LogP contribution in [-0.4, -0.2) is 9.55 Å². The number of hydrogen-bond acceptors (Lipinski definition) is 2. The van der Waals surface area contributed by atoms with E-state index in [1.807, 2.05) is 42.5 Å². The average Bonchev–Trinajstić information content (AvgIpc) is 2.58. The molecule has 0 aliphatic rings. The van der Waals surface area contributed by atoms with Gasteiger partial charge in [0.25, 0.3) is 11.2 Å². The Bertz CT molecular complexity index is 1170. The third-order valence-corrected chi connectivity index (χ3v) is 4.12. The Morgan fingerprint density at radius 2 is 1.78 bits per heavy atom. The molecule has 0 atom stereocenters. The molecule has 0 unspecified atom stereocenters. The van der Waals surface area contributed by atoms with E-state index in [0.717, 1.165) is 21.9 Å². The molecule has 0 saturated heterocycles. The minimum absolute atomic E-state index is 0.386. The molecule has 0 aliphatic carbocycles. The second-order valence-corrected chi connectivity index (χ2v) is 5.50. The van der Waals surface area contributed by atoms with Crippen molar-refractivity contribution in [2.75, 3.05) is 0 Å². The number of aromatic amines is 2. The summed E-state index contributed by atoms with van der Waals surface area (Å²) in [7, 11) is 1.63. The summed E-state index contributed by atoms with van der Waals surface area (Å²) in [5.41, 5.74) is 1.41. The molecule has 2 aromatic heterocycles. The van der Waals surface area contributed by atoms with Crippen LogP contribution in [0.1, 0.15) is 0 Å². The molecule has 112 valence electrons. The molecule has 2 N–H and O–H groups in total. The van der Waals surface area contributed by atoms with Gasteiger partial charge in [-0.2, -0.15) is 4.57 Å². The highest BCUT2D eigenvalue weighted by Gasteiger charge is 2.16. The molecule has 23 heavy (non-hydrogen) atoms. The maximum atomic E-state index is 12.3. The molecule has 2 heterocycles. The summed E-state index contributed by atoms with van der Waals surface area (Å²) < 4.78 is 1.40. The van der Waals surface area contributed by atoms with Crippen molar-refractivity contribution in [3.05, 3.63) is 75.6 Å². The van der Waals surface area contributed by atoms with Gasteiger partial charge in [0, 0.05) is 5.56 Å². The SMILES string of the molecule is Cn1c(=O)[nH]c(=O)c2c(-c3ccc4ccccc4c3)cc[nH+]c21. The molecule has 0 radical (unpaired) electrons. The molecular formula is C18H14N3O2+. The monoisotopic (exact) mass is 304 g/mol. The van der Waals surface area contributed by atoms with Crippen LogP contribution >= 0.6 is 0 Å². The number of nitrogens with one attached hydrogen (secondary N) is 2. The van der Waals surface area contributed by atoms with Gasteiger partial charge in [-0.1, -0.05) is 36.4 Å². The summed E-state index contributed by atoms with van der Waals surface area (Å²) in [6, 6.07) is 16.0. The minimum Gasteiger partial charge on any atom is -0.268 e. The molecular weight excluding hydrogens is 290 g/mol. The Hall–Kier alpha value is -3.21. The Kier molecular flexibility index (Phi) is 2.87. The Labute approximate surface area is 130 Å². The van der Waals surface area contributed by atoms with Crippen LogP contribution in [0, 0.1) is 0 Å². The van der Waals surface area contributed by atoms with Crippen molar-refractivity contribution >= 4 is 21.8 Å². The smallest absolute Gasteiger partial charge is 0.268 e. The predicted molar refractivity (Wildman–Crippen MR) is 89.3 cm³/mol. The van der Waals surface area contributed by atoms with Crippen molar-refractivity contribution < 1.29 is 4.98 Å². The molecule has 5 nitrogen and oxygen atoms in total. The number of benzene rings is 2. The zero-order chi connectivity index (χ0) is 16.0. The van der Waals surface area contributed by atoms with Crippen LogP contribution in [0.25, 0.3) is 32.9 Å². The van der Waals surface area contributed by atoms with Gasteiger partial charge in [-0.25, -0.2) is 9.78 Å². The van der Waals surface area contributed by atoms with Crippen LogP contribution in [0.4, 0.5) is 0 Å². The van der Waals surface area contributed by atoms with Gasteiger partial charge in [0.1, 0.15) is 5.39 Å². The highest BCUT2D eigenvalue weighted by molar-refractivity contribution is 5.94. The van der Waals surface area contributed by atoms with Crippen LogP contribution in [0.3, 0.4) is 0 Å². The minimum atomic E-state index is -0.436. The number of H-pyrrole nitrogens is 2. The first-order valence-electron chi connectivity index (χ1n) is 7.28. The lowest BCUT2D eigenvalue weighted by atomic mass is 10.00. The highest BCUT2D eigenvalue weighted by atomic mass is 16.2. The number of fused-ring (bicyclic) bond motifs is 2. The Morgan fingerprint density at radius 3 is 2.61 bits per heavy atom. The molecule has 0 bridgehead atoms. The van der Waals surface area contributed by atoms with E-state index < -0.39 is 5.69 Å². The fourth-order valence-electron chi connectivity index (χ4n) is 2.92. The second-order valence-electron chi connectivity index (χ2n) is 5.50. The number of nitrogens with zero attached hydrogens (tertiary/aromatic N) is 1. The summed E-state index contributed by atoms with van der Waals surface area (Å²) in [4.78, 5) is 29.4. The maximum Gasteiger partial charge on any atom is 0.415 e. The van der Waals surface area contributed by atoms with E-state index in [-0.39, 0.29) is 5.56 Å². The lowest BCUT2D eigenvalue weighted by Crippen LogP contribution is -2.32. The summed E-state index contributed by atoms with van der Waals surface area (Å²) in [5, 5.41) is 2.72. The van der Waals surface area contributed by atoms with Crippen LogP contribution in [0.5, 0.6) is 0 Å². The molecule has 0 aliphatic heterocycles. The third-order valence-electron chi connectivity index (χ3n) is 4.12. The van der Waals surface area contributed by atoms with Gasteiger partial charge in [-0.15, -0.1) is 0 Å². The summed E-state index contributed by atoms with van der Waals surface area (Å²) in [6.45, 7) is 0. The molecule has 0 amide bonds. The topological polar surface area (TPSA) is 69.0 Å². The molecule has 2 aromatic carbocycles. The first-order chi connectivity index (χ1) is 11.1. The number of aryl methyl sites for hydroxylation is 1. The summed E-state index contributed by atoms with van der Waals surface area (Å²) in [5.74, 6) is 0. The molecule has 5 heteroatoms. The van der Waals surface area contributed by atoms with E-state index in [1.165, 1.54) is 4.57 Å². The van der Waals surface area contributed by atoms with E-state index in [1.54, 1.807) is 13.2 Å². The number of rotatable bonds is 1. The third kappa shape index (κ3) is 2.05. The van der Waals surface area contributed by atoms with Crippen LogP contribution in [-0.2, 0) is 7.05 Å². The van der Waals surface area contributed by atoms with E-state index in [9.17, 15) is 9.59 Å². The number of hydrogen-bond donors (Lipinski definition) is 1. The molecule has 0 fully saturated rings. The van der Waals surface area contributed by atoms with Crippen molar-refractivity contribution in [2.24, 2.45) is 7.05 Å². The largest absolute Gasteiger partial charge is 0.415 e. The summed E-state index contributed by atoms with van der Waals surface area (Å²) >= 11 is 0. The average molecular weight is 304 g/mol. The van der Waals surface area contributed by atoms with Crippen molar-refractivity contribution in [3.63, 3.8) is 0 Å². The zero-order valence-electron chi connectivity index (χ0n) is 12.5. The Morgan fingerprint density at radius 1 is 1.00 bits per heavy atom. The van der Waals surface area contributed by atoms with Crippen LogP contribution in [0.2, 0.25) is 0 Å². The Balaban J connectivity index is 2.10. The lowest BCUT2D eigenvalue weighted by Gasteiger charge is -2.06. The van der Waals surface area contributed by atoms with Crippen LogP contribution < -0.4 is 16.2 Å². The summed E-state index contributed by atoms with van der Waals surface area (Å²) in [6.07, 6.45) is 1.74. The van der Waals surface area contributed by atoms with Gasteiger partial charge >= 0.3 is 5.69 Å². The molecule has 0 saturated carbocycles. The van der Waals surface area contributed by atoms with E-state index in [4.69, 9.17) is 0 Å². The standard InChI is InChI=1S/C18H13N3O2/c1-21-16-15(17(22)20-18(21)23)14(8-9-19-16)13-7-6-11-4-2-3-5-12(11)10-13/h2-10H,1H3,(H,20,22,23)/p+1. The lowest BCUT2D eigenvalue weighted by molar-refractivity contribution is -0.349. The van der Waals surface area contributed by atoms with Gasteiger partial charge in [-0.05, 0) is 28.5 Å². The molecule has 4 aromatic rings. The van der Waals surface area contributed by atoms with Crippen molar-refractivity contribution in [2.45, 2.75) is 0 Å². The predicted octanol–water partition coefficient (Wildman–Crippen LogP) is 1.86. The van der Waals surface area contributed by atoms with Gasteiger partial charge in [0.05, 0.1) is 13.2 Å². The van der Waals surface area contributed by atoms with E-state index >= 15 is 0 Å². The number of pyridine rings is 1. The van der Waals surface area contributed by atoms with E-state index in [2.05, 4.69) is 16.0 Å². The zero-order valence-corrected chi connectivity index (χ0v) is 12.5. The number of aromatic nitrogens is 3. The van der Waals surface area contributed by atoms with Crippen LogP contribution in [0.15, 0.2) is 64.3 Å². The van der Waals surface area contributed by atoms with Gasteiger partial charge < -0.3 is 0 Å². The fraction of sp³-hybridized carbons (Fsp3) is 0.0556. The van der Waals surface area contributed by atoms with Crippen molar-refractivity contribution in [1.29, 1.82) is 0 Å². The molecule has 4 rings (SSSR count). The van der Waals surface area contributed by atoms with Gasteiger partial charge in [0.2, 0.25) is 0 Å². The molecule has 0 spiro atoms. The maximum absolute atomic E-state index is 12.3. The van der Waals surface area contributed by atoms with Crippen molar-refractivity contribution in [3.8, 4) is 11.1 Å². The second kappa shape index (κ2) is 4.91. The normalized spacial score (nSPS) is 11.2. The van der Waals surface area contributed by atoms with Gasteiger partial charge in [-0.3, -0.25) is 9.78 Å². The highest BCUT2D eigenvalue weighted by Crippen LogP contribution is 2.26.